The Bertz CT molecular complexity index is 1610. The molecule has 3 N–H and O–H groups in total. The average Bonchev–Trinajstić information content (AvgIpc) is 3.44. The number of thiazole rings is 1. The fraction of sp³-hybridized carbons (Fsp3) is 0.500. The molecule has 1 saturated carbocycles. The summed E-state index contributed by atoms with van der Waals surface area (Å²) < 4.78 is 62.5. The van der Waals surface area contributed by atoms with E-state index in [-0.39, 0.29) is 42.0 Å². The second kappa shape index (κ2) is 12.3. The van der Waals surface area contributed by atoms with E-state index in [1.54, 1.807) is 32.3 Å². The first-order valence-corrected chi connectivity index (χ1v) is 16.8. The Balaban J connectivity index is 1.32. The number of benzene rings is 1. The monoisotopic (exact) mass is 671 g/mol. The smallest absolute Gasteiger partial charge is 0.410 e. The number of carbonyl (C=O) groups excluding carboxylic acids is 1. The van der Waals surface area contributed by atoms with E-state index in [0.29, 0.717) is 36.4 Å². The lowest BCUT2D eigenvalue weighted by molar-refractivity contribution is -0.133. The van der Waals surface area contributed by atoms with E-state index >= 15 is 0 Å². The molecule has 44 heavy (non-hydrogen) atoms. The molecule has 1 saturated heterocycles. The number of hydrogen-bond donors (Lipinski definition) is 3. The number of hydrogen-bond acceptors (Lipinski definition) is 9. The van der Waals surface area contributed by atoms with Gasteiger partial charge in [0, 0.05) is 42.0 Å². The fourth-order valence-electron chi connectivity index (χ4n) is 5.49. The van der Waals surface area contributed by atoms with Crippen LogP contribution in [0.3, 0.4) is 0 Å². The molecular formula is C28H32ClF2N5O6S2. The number of carboxylic acid groups (broad SMARTS) is 1. The Morgan fingerprint density at radius 1 is 1.18 bits per heavy atom. The van der Waals surface area contributed by atoms with Crippen molar-refractivity contribution < 1.29 is 36.6 Å². The Morgan fingerprint density at radius 3 is 2.45 bits per heavy atom. The third-order valence-electron chi connectivity index (χ3n) is 7.70. The summed E-state index contributed by atoms with van der Waals surface area (Å²) in [6.45, 7) is 5.27. The minimum absolute atomic E-state index is 0.00149. The predicted octanol–water partition coefficient (Wildman–Crippen LogP) is 4.60. The average molecular weight is 672 g/mol. The number of nitrogens with one attached hydrogen (secondary N) is 2. The van der Waals surface area contributed by atoms with Crippen LogP contribution in [0.1, 0.15) is 63.1 Å². The highest BCUT2D eigenvalue weighted by atomic mass is 35.5. The van der Waals surface area contributed by atoms with Gasteiger partial charge in [-0.1, -0.05) is 17.7 Å². The second-order valence-electron chi connectivity index (χ2n) is 12.0. The number of carboxylic acids is 1. The Kier molecular flexibility index (Phi) is 9.04. The van der Waals surface area contributed by atoms with Crippen molar-refractivity contribution in [2.45, 2.75) is 69.4 Å². The molecule has 1 amide bonds. The summed E-state index contributed by atoms with van der Waals surface area (Å²) in [4.78, 5) is 35.0. The number of carbonyl (C=O) groups is 2. The first-order valence-electron chi connectivity index (χ1n) is 14.0. The number of amides is 1. The largest absolute Gasteiger partial charge is 0.478 e. The molecule has 1 unspecified atom stereocenters. The van der Waals surface area contributed by atoms with Gasteiger partial charge in [-0.15, -0.1) is 11.3 Å². The summed E-state index contributed by atoms with van der Waals surface area (Å²) in [5.74, 6) is -3.83. The molecule has 11 nitrogen and oxygen atoms in total. The summed E-state index contributed by atoms with van der Waals surface area (Å²) in [5.41, 5.74) is -0.496. The molecule has 0 spiro atoms. The number of amidine groups is 1. The number of ether oxygens (including phenoxy) is 1. The number of halogens is 3. The molecule has 2 fully saturated rings. The number of likely N-dealkylation sites (tertiary alicyclic amines) is 1. The third-order valence-corrected chi connectivity index (χ3v) is 10.7. The van der Waals surface area contributed by atoms with Crippen molar-refractivity contribution in [2.75, 3.05) is 13.1 Å². The van der Waals surface area contributed by atoms with Gasteiger partial charge in [0.05, 0.1) is 10.6 Å². The lowest BCUT2D eigenvalue weighted by Gasteiger charge is -2.40. The quantitative estimate of drug-likeness (QED) is 0.362. The molecule has 2 aromatic rings. The van der Waals surface area contributed by atoms with Crippen molar-refractivity contribution in [1.82, 2.24) is 19.9 Å². The molecule has 0 bridgehead atoms. The van der Waals surface area contributed by atoms with Gasteiger partial charge in [0.1, 0.15) is 16.9 Å². The zero-order valence-corrected chi connectivity index (χ0v) is 26.5. The molecule has 1 aromatic carbocycles. The summed E-state index contributed by atoms with van der Waals surface area (Å²) in [6, 6.07) is 0.472. The van der Waals surface area contributed by atoms with Crippen LogP contribution in [0.2, 0.25) is 5.02 Å². The second-order valence-corrected chi connectivity index (χ2v) is 15.2. The molecule has 3 heterocycles. The normalized spacial score (nSPS) is 23.1. The molecule has 3 aliphatic rings. The first kappa shape index (κ1) is 32.3. The van der Waals surface area contributed by atoms with Gasteiger partial charge in [0.2, 0.25) is 10.0 Å². The Labute approximate surface area is 262 Å². The van der Waals surface area contributed by atoms with Crippen LogP contribution in [0, 0.1) is 17.6 Å². The van der Waals surface area contributed by atoms with E-state index in [2.05, 4.69) is 20.0 Å². The number of rotatable bonds is 7. The van der Waals surface area contributed by atoms with Crippen LogP contribution in [0.25, 0.3) is 0 Å². The Morgan fingerprint density at radius 2 is 1.86 bits per heavy atom. The van der Waals surface area contributed by atoms with Crippen LogP contribution in [0.15, 0.2) is 40.0 Å². The first-order chi connectivity index (χ1) is 20.6. The highest BCUT2D eigenvalue weighted by molar-refractivity contribution is 7.90. The topological polar surface area (TPSA) is 150 Å². The van der Waals surface area contributed by atoms with Gasteiger partial charge < -0.3 is 20.1 Å². The van der Waals surface area contributed by atoms with Gasteiger partial charge in [-0.2, -0.15) is 0 Å². The van der Waals surface area contributed by atoms with E-state index < -0.39 is 55.6 Å². The fourth-order valence-corrected chi connectivity index (χ4v) is 7.98. The van der Waals surface area contributed by atoms with Gasteiger partial charge in [0.25, 0.3) is 0 Å². The standard InChI is InChI=1S/C28H32ClF2N5O6S2/c1-28(2,3)42-27(39)36-12-16(13-36)44(40,41)35-15-6-4-14(5-7-15)22-19(26(37)38)23(17-8-9-18(30)21(31)20(17)29)34-24(33-22)25-32-10-11-43-25/h8-11,14-16,23,35H,4-7,12-13H2,1-3H3,(H,33,34)(H,37,38). The lowest BCUT2D eigenvalue weighted by Crippen LogP contribution is -2.61. The van der Waals surface area contributed by atoms with Gasteiger partial charge in [-0.25, -0.2) is 36.5 Å². The predicted molar refractivity (Wildman–Crippen MR) is 160 cm³/mol. The van der Waals surface area contributed by atoms with E-state index in [1.165, 1.54) is 22.3 Å². The molecule has 16 heteroatoms. The molecule has 1 aromatic heterocycles. The van der Waals surface area contributed by atoms with Crippen LogP contribution in [0.4, 0.5) is 13.6 Å². The number of aliphatic imine (C=N–C) groups is 1. The molecule has 238 valence electrons. The molecule has 5 rings (SSSR count). The number of allylic oxidation sites excluding steroid dienone is 1. The third kappa shape index (κ3) is 6.75. The summed E-state index contributed by atoms with van der Waals surface area (Å²) in [7, 11) is -3.72. The van der Waals surface area contributed by atoms with Crippen molar-refractivity contribution in [3.05, 3.63) is 62.2 Å². The van der Waals surface area contributed by atoms with E-state index in [4.69, 9.17) is 16.3 Å². The van der Waals surface area contributed by atoms with Crippen molar-refractivity contribution in [3.63, 3.8) is 0 Å². The van der Waals surface area contributed by atoms with E-state index in [1.807, 2.05) is 0 Å². The van der Waals surface area contributed by atoms with Gasteiger partial charge >= 0.3 is 12.1 Å². The van der Waals surface area contributed by atoms with Crippen molar-refractivity contribution >= 4 is 50.9 Å². The maximum absolute atomic E-state index is 14.5. The minimum atomic E-state index is -3.72. The zero-order chi connectivity index (χ0) is 32.0. The lowest BCUT2D eigenvalue weighted by atomic mass is 9.80. The van der Waals surface area contributed by atoms with Crippen LogP contribution < -0.4 is 10.0 Å². The molecule has 0 radical (unpaired) electrons. The van der Waals surface area contributed by atoms with Crippen LogP contribution in [0.5, 0.6) is 0 Å². The molecule has 2 aliphatic heterocycles. The maximum atomic E-state index is 14.5. The highest BCUT2D eigenvalue weighted by Gasteiger charge is 2.43. The van der Waals surface area contributed by atoms with Crippen molar-refractivity contribution in [2.24, 2.45) is 10.9 Å². The van der Waals surface area contributed by atoms with E-state index in [9.17, 15) is 31.9 Å². The summed E-state index contributed by atoms with van der Waals surface area (Å²) in [5, 5.41) is 14.3. The van der Waals surface area contributed by atoms with Crippen LogP contribution in [-0.2, 0) is 19.6 Å². The minimum Gasteiger partial charge on any atom is -0.478 e. The van der Waals surface area contributed by atoms with Gasteiger partial charge in [-0.3, -0.25) is 4.99 Å². The van der Waals surface area contributed by atoms with Gasteiger partial charge in [-0.05, 0) is 58.4 Å². The zero-order valence-electron chi connectivity index (χ0n) is 24.1. The van der Waals surface area contributed by atoms with Crippen molar-refractivity contribution in [3.8, 4) is 0 Å². The molecule has 1 aliphatic carbocycles. The number of sulfonamides is 1. The molecule has 1 atom stereocenters. The number of aromatic nitrogens is 1. The molecular weight excluding hydrogens is 640 g/mol. The highest BCUT2D eigenvalue weighted by Crippen LogP contribution is 2.41. The number of aliphatic carboxylic acids is 1. The summed E-state index contributed by atoms with van der Waals surface area (Å²) in [6.07, 6.45) is 2.71. The van der Waals surface area contributed by atoms with Gasteiger partial charge in [0.15, 0.2) is 22.5 Å². The van der Waals surface area contributed by atoms with E-state index in [0.717, 1.165) is 6.07 Å². The SMILES string of the molecule is CC(C)(C)OC(=O)N1CC(S(=O)(=O)NC2CCC(C3=C(C(=O)O)C(c4ccc(F)c(F)c4Cl)N=C(c4nccs4)N3)CC2)C1. The maximum Gasteiger partial charge on any atom is 0.410 e. The number of nitrogens with zero attached hydrogens (tertiary/aromatic N) is 3. The Hall–Kier alpha value is -3.14. The van der Waals surface area contributed by atoms with Crippen LogP contribution in [-0.4, -0.2) is 71.3 Å². The van der Waals surface area contributed by atoms with Crippen LogP contribution >= 0.6 is 22.9 Å². The van der Waals surface area contributed by atoms with Crippen molar-refractivity contribution in [1.29, 1.82) is 0 Å². The summed E-state index contributed by atoms with van der Waals surface area (Å²) >= 11 is 7.42.